The summed E-state index contributed by atoms with van der Waals surface area (Å²) in [6, 6.07) is 1.27. The predicted molar refractivity (Wildman–Crippen MR) is 71.0 cm³/mol. The summed E-state index contributed by atoms with van der Waals surface area (Å²) in [5.74, 6) is -0.491. The summed E-state index contributed by atoms with van der Waals surface area (Å²) in [7, 11) is 1.77. The molecule has 0 saturated carbocycles. The predicted octanol–water partition coefficient (Wildman–Crippen LogP) is 1.35. The number of nitrogens with zero attached hydrogens (tertiary/aromatic N) is 2. The maximum Gasteiger partial charge on any atom is 0.320 e. The fourth-order valence-electron chi connectivity index (χ4n) is 1.41. The molecule has 0 radical (unpaired) electrons. The second kappa shape index (κ2) is 5.73. The highest BCUT2D eigenvalue weighted by atomic mass is 16.4. The van der Waals surface area contributed by atoms with Crippen molar-refractivity contribution in [2.24, 2.45) is 12.5 Å². The number of carboxylic acid groups (broad SMARTS) is 1. The number of rotatable bonds is 5. The molecule has 0 saturated heterocycles. The van der Waals surface area contributed by atoms with Gasteiger partial charge >= 0.3 is 12.0 Å². The van der Waals surface area contributed by atoms with Crippen LogP contribution in [0.1, 0.15) is 26.0 Å². The van der Waals surface area contributed by atoms with Gasteiger partial charge in [-0.15, -0.1) is 0 Å². The van der Waals surface area contributed by atoms with Crippen molar-refractivity contribution in [3.63, 3.8) is 0 Å². The minimum absolute atomic E-state index is 0.0660. The molecule has 1 aromatic heterocycles. The monoisotopic (exact) mass is 268 g/mol. The van der Waals surface area contributed by atoms with Crippen LogP contribution < -0.4 is 10.6 Å². The molecule has 106 valence electrons. The van der Waals surface area contributed by atoms with Crippen LogP contribution in [0.3, 0.4) is 0 Å². The van der Waals surface area contributed by atoms with Gasteiger partial charge in [0.25, 0.3) is 0 Å². The Kier molecular flexibility index (Phi) is 4.52. The maximum absolute atomic E-state index is 11.7. The van der Waals surface area contributed by atoms with Crippen molar-refractivity contribution in [3.05, 3.63) is 11.8 Å². The minimum Gasteiger partial charge on any atom is -0.481 e. The van der Waals surface area contributed by atoms with Crippen LogP contribution in [0, 0.1) is 12.3 Å². The van der Waals surface area contributed by atoms with E-state index in [9.17, 15) is 9.59 Å². The third-order valence-electron chi connectivity index (χ3n) is 3.29. The van der Waals surface area contributed by atoms with E-state index in [0.29, 0.717) is 12.2 Å². The normalized spacial score (nSPS) is 13.7. The molecule has 0 fully saturated rings. The fraction of sp³-hybridized carbons (Fsp3) is 0.583. The molecule has 0 spiro atoms. The van der Waals surface area contributed by atoms with Crippen molar-refractivity contribution < 1.29 is 14.7 Å². The van der Waals surface area contributed by atoms with E-state index in [4.69, 9.17) is 5.11 Å². The van der Waals surface area contributed by atoms with Crippen molar-refractivity contribution in [2.45, 2.75) is 27.2 Å². The van der Waals surface area contributed by atoms with Crippen LogP contribution in [0.15, 0.2) is 6.07 Å². The Morgan fingerprint density at radius 1 is 1.53 bits per heavy atom. The van der Waals surface area contributed by atoms with Gasteiger partial charge in [0.2, 0.25) is 0 Å². The van der Waals surface area contributed by atoms with Crippen molar-refractivity contribution in [2.75, 3.05) is 11.9 Å². The van der Waals surface area contributed by atoms with Gasteiger partial charge in [0.05, 0.1) is 5.41 Å². The molecule has 1 unspecified atom stereocenters. The summed E-state index contributed by atoms with van der Waals surface area (Å²) < 4.78 is 1.64. The Hall–Kier alpha value is -2.05. The van der Waals surface area contributed by atoms with Gasteiger partial charge < -0.3 is 10.4 Å². The molecular formula is C12H20N4O3. The molecule has 2 amide bonds. The standard InChI is InChI=1S/C12H20N4O3/c1-5-12(3,10(17)18)7-13-11(19)14-9-6-8(2)16(4)15-9/h6H,5,7H2,1-4H3,(H,17,18)(H2,13,14,15,19). The van der Waals surface area contributed by atoms with Crippen molar-refractivity contribution >= 4 is 17.8 Å². The zero-order valence-electron chi connectivity index (χ0n) is 11.6. The lowest BCUT2D eigenvalue weighted by Gasteiger charge is -2.23. The van der Waals surface area contributed by atoms with Crippen LogP contribution in [0.5, 0.6) is 0 Å². The highest BCUT2D eigenvalue weighted by molar-refractivity contribution is 5.88. The van der Waals surface area contributed by atoms with E-state index in [1.54, 1.807) is 31.6 Å². The van der Waals surface area contributed by atoms with Crippen LogP contribution in [0.2, 0.25) is 0 Å². The average Bonchev–Trinajstić information content (AvgIpc) is 2.65. The first-order valence-corrected chi connectivity index (χ1v) is 6.07. The zero-order valence-corrected chi connectivity index (χ0v) is 11.6. The number of aryl methyl sites for hydroxylation is 2. The molecule has 0 bridgehead atoms. The average molecular weight is 268 g/mol. The van der Waals surface area contributed by atoms with Gasteiger partial charge in [0.1, 0.15) is 0 Å². The first-order valence-electron chi connectivity index (χ1n) is 6.07. The van der Waals surface area contributed by atoms with Gasteiger partial charge in [-0.3, -0.25) is 14.8 Å². The molecule has 1 atom stereocenters. The molecule has 1 aromatic rings. The summed E-state index contributed by atoms with van der Waals surface area (Å²) in [6.07, 6.45) is 0.436. The number of hydrogen-bond acceptors (Lipinski definition) is 3. The molecule has 7 nitrogen and oxygen atoms in total. The third kappa shape index (κ3) is 3.70. The van der Waals surface area contributed by atoms with E-state index in [1.165, 1.54) is 0 Å². The van der Waals surface area contributed by atoms with Crippen LogP contribution in [-0.2, 0) is 11.8 Å². The zero-order chi connectivity index (χ0) is 14.6. The van der Waals surface area contributed by atoms with Crippen LogP contribution in [0.25, 0.3) is 0 Å². The molecule has 3 N–H and O–H groups in total. The quantitative estimate of drug-likeness (QED) is 0.751. The van der Waals surface area contributed by atoms with Gasteiger partial charge in [-0.05, 0) is 20.3 Å². The second-order valence-electron chi connectivity index (χ2n) is 4.82. The summed E-state index contributed by atoms with van der Waals surface area (Å²) in [6.45, 7) is 5.31. The summed E-state index contributed by atoms with van der Waals surface area (Å²) >= 11 is 0. The smallest absolute Gasteiger partial charge is 0.320 e. The lowest BCUT2D eigenvalue weighted by molar-refractivity contribution is -0.147. The fourth-order valence-corrected chi connectivity index (χ4v) is 1.41. The Morgan fingerprint density at radius 2 is 2.16 bits per heavy atom. The van der Waals surface area contributed by atoms with E-state index < -0.39 is 17.4 Å². The number of carbonyl (C=O) groups is 2. The highest BCUT2D eigenvalue weighted by Crippen LogP contribution is 2.19. The molecule has 0 aliphatic rings. The van der Waals surface area contributed by atoms with E-state index in [2.05, 4.69) is 15.7 Å². The molecule has 19 heavy (non-hydrogen) atoms. The van der Waals surface area contributed by atoms with E-state index in [-0.39, 0.29) is 6.54 Å². The summed E-state index contributed by atoms with van der Waals surface area (Å²) in [4.78, 5) is 22.7. The molecule has 0 aliphatic heterocycles. The number of aliphatic carboxylic acids is 1. The van der Waals surface area contributed by atoms with Gasteiger partial charge in [-0.1, -0.05) is 6.92 Å². The Balaban J connectivity index is 2.54. The molecule has 0 aromatic carbocycles. The number of hydrogen-bond donors (Lipinski definition) is 3. The molecule has 7 heteroatoms. The second-order valence-corrected chi connectivity index (χ2v) is 4.82. The van der Waals surface area contributed by atoms with Crippen molar-refractivity contribution in [3.8, 4) is 0 Å². The number of aromatic nitrogens is 2. The molecule has 0 aliphatic carbocycles. The summed E-state index contributed by atoms with van der Waals surface area (Å²) in [5.41, 5.74) is -0.0450. The van der Waals surface area contributed by atoms with Gasteiger partial charge in [-0.2, -0.15) is 5.10 Å². The van der Waals surface area contributed by atoms with Crippen LogP contribution >= 0.6 is 0 Å². The SMILES string of the molecule is CCC(C)(CNC(=O)Nc1cc(C)n(C)n1)C(=O)O. The Morgan fingerprint density at radius 3 is 2.58 bits per heavy atom. The number of anilines is 1. The number of amides is 2. The number of carbonyl (C=O) groups excluding carboxylic acids is 1. The third-order valence-corrected chi connectivity index (χ3v) is 3.29. The minimum atomic E-state index is -0.961. The first kappa shape index (κ1) is 15.0. The van der Waals surface area contributed by atoms with Gasteiger partial charge in [0, 0.05) is 25.4 Å². The highest BCUT2D eigenvalue weighted by Gasteiger charge is 2.31. The van der Waals surface area contributed by atoms with Gasteiger partial charge in [-0.25, -0.2) is 4.79 Å². The van der Waals surface area contributed by atoms with E-state index in [1.807, 2.05) is 6.92 Å². The van der Waals surface area contributed by atoms with Crippen molar-refractivity contribution in [1.29, 1.82) is 0 Å². The topological polar surface area (TPSA) is 96.3 Å². The molecular weight excluding hydrogens is 248 g/mol. The molecule has 1 heterocycles. The maximum atomic E-state index is 11.7. The first-order chi connectivity index (χ1) is 8.78. The molecule has 1 rings (SSSR count). The summed E-state index contributed by atoms with van der Waals surface area (Å²) in [5, 5.41) is 18.3. The number of carboxylic acids is 1. The van der Waals surface area contributed by atoms with Crippen LogP contribution in [0.4, 0.5) is 10.6 Å². The number of urea groups is 1. The number of nitrogens with one attached hydrogen (secondary N) is 2. The van der Waals surface area contributed by atoms with E-state index >= 15 is 0 Å². The van der Waals surface area contributed by atoms with Crippen molar-refractivity contribution in [1.82, 2.24) is 15.1 Å². The largest absolute Gasteiger partial charge is 0.481 e. The Labute approximate surface area is 112 Å². The Bertz CT molecular complexity index is 464. The lowest BCUT2D eigenvalue weighted by atomic mass is 9.88. The van der Waals surface area contributed by atoms with Gasteiger partial charge in [0.15, 0.2) is 5.82 Å². The lowest BCUT2D eigenvalue weighted by Crippen LogP contribution is -2.42. The van der Waals surface area contributed by atoms with E-state index in [0.717, 1.165) is 5.69 Å². The van der Waals surface area contributed by atoms with Crippen LogP contribution in [-0.4, -0.2) is 33.4 Å².